The van der Waals surface area contributed by atoms with E-state index in [-0.39, 0.29) is 30.4 Å². The first-order chi connectivity index (χ1) is 15.2. The first-order valence-electron chi connectivity index (χ1n) is 10.8. The standard InChI is InChI=1S/C24H26N2O4S/c27-23(8-13-31-18-4-2-1-3-5-18)25-9-11-26(12-10-25)24(28)20-15-19(20)17-6-7-21-22(14-17)30-16-29-21/h1-7,14,19-20H,8-13,15-16H2. The van der Waals surface area contributed by atoms with Gasteiger partial charge in [-0.3, -0.25) is 9.59 Å². The van der Waals surface area contributed by atoms with Crippen molar-refractivity contribution < 1.29 is 19.1 Å². The van der Waals surface area contributed by atoms with Crippen LogP contribution >= 0.6 is 11.8 Å². The highest BCUT2D eigenvalue weighted by atomic mass is 32.2. The molecule has 162 valence electrons. The van der Waals surface area contributed by atoms with Gasteiger partial charge < -0.3 is 19.3 Å². The van der Waals surface area contributed by atoms with Gasteiger partial charge in [-0.1, -0.05) is 24.3 Å². The highest BCUT2D eigenvalue weighted by molar-refractivity contribution is 7.99. The van der Waals surface area contributed by atoms with Gasteiger partial charge in [-0.2, -0.15) is 0 Å². The van der Waals surface area contributed by atoms with E-state index in [0.717, 1.165) is 29.2 Å². The average Bonchev–Trinajstić information content (AvgIpc) is 3.48. The lowest BCUT2D eigenvalue weighted by atomic mass is 10.1. The van der Waals surface area contributed by atoms with Crippen LogP contribution in [0, 0.1) is 5.92 Å². The molecule has 2 amide bonds. The summed E-state index contributed by atoms with van der Waals surface area (Å²) in [7, 11) is 0. The van der Waals surface area contributed by atoms with Crippen molar-refractivity contribution in [3.05, 3.63) is 54.1 Å². The predicted octanol–water partition coefficient (Wildman–Crippen LogP) is 3.37. The summed E-state index contributed by atoms with van der Waals surface area (Å²) in [4.78, 5) is 30.5. The molecule has 3 aliphatic rings. The Kier molecular flexibility index (Phi) is 5.76. The van der Waals surface area contributed by atoms with Gasteiger partial charge in [0.25, 0.3) is 0 Å². The molecule has 2 aromatic carbocycles. The fraction of sp³-hybridized carbons (Fsp3) is 0.417. The predicted molar refractivity (Wildman–Crippen MR) is 118 cm³/mol. The van der Waals surface area contributed by atoms with Crippen LogP contribution in [-0.2, 0) is 9.59 Å². The number of fused-ring (bicyclic) bond motifs is 1. The van der Waals surface area contributed by atoms with Crippen molar-refractivity contribution in [1.82, 2.24) is 9.80 Å². The van der Waals surface area contributed by atoms with Crippen LogP contribution in [-0.4, -0.2) is 60.3 Å². The van der Waals surface area contributed by atoms with E-state index in [9.17, 15) is 9.59 Å². The zero-order chi connectivity index (χ0) is 21.2. The lowest BCUT2D eigenvalue weighted by Gasteiger charge is -2.35. The molecule has 6 nitrogen and oxygen atoms in total. The van der Waals surface area contributed by atoms with Crippen molar-refractivity contribution in [2.24, 2.45) is 5.92 Å². The van der Waals surface area contributed by atoms with Gasteiger partial charge in [-0.25, -0.2) is 0 Å². The molecule has 2 fully saturated rings. The van der Waals surface area contributed by atoms with Gasteiger partial charge in [-0.05, 0) is 42.2 Å². The summed E-state index contributed by atoms with van der Waals surface area (Å²) in [5.74, 6) is 3.03. The van der Waals surface area contributed by atoms with Crippen molar-refractivity contribution in [3.63, 3.8) is 0 Å². The molecule has 0 aromatic heterocycles. The number of nitrogens with zero attached hydrogens (tertiary/aromatic N) is 2. The number of amides is 2. The van der Waals surface area contributed by atoms with Crippen molar-refractivity contribution >= 4 is 23.6 Å². The maximum Gasteiger partial charge on any atom is 0.231 e. The maximum atomic E-state index is 12.9. The maximum absolute atomic E-state index is 12.9. The summed E-state index contributed by atoms with van der Waals surface area (Å²) in [6.07, 6.45) is 1.41. The van der Waals surface area contributed by atoms with E-state index in [0.29, 0.717) is 32.6 Å². The van der Waals surface area contributed by atoms with E-state index in [4.69, 9.17) is 9.47 Å². The molecule has 1 aliphatic carbocycles. The van der Waals surface area contributed by atoms with E-state index in [1.165, 1.54) is 4.90 Å². The van der Waals surface area contributed by atoms with Crippen LogP contribution in [0.5, 0.6) is 11.5 Å². The van der Waals surface area contributed by atoms with Crippen LogP contribution in [0.15, 0.2) is 53.4 Å². The molecule has 31 heavy (non-hydrogen) atoms. The minimum atomic E-state index is 0.0462. The van der Waals surface area contributed by atoms with E-state index >= 15 is 0 Å². The molecule has 2 aliphatic heterocycles. The van der Waals surface area contributed by atoms with E-state index in [2.05, 4.69) is 12.1 Å². The Hall–Kier alpha value is -2.67. The number of thioether (sulfide) groups is 1. The van der Waals surface area contributed by atoms with Crippen molar-refractivity contribution in [2.45, 2.75) is 23.7 Å². The first kappa shape index (κ1) is 20.2. The molecule has 0 radical (unpaired) electrons. The van der Waals surface area contributed by atoms with Crippen molar-refractivity contribution in [3.8, 4) is 11.5 Å². The van der Waals surface area contributed by atoms with E-state index in [1.807, 2.05) is 46.2 Å². The first-order valence-corrected chi connectivity index (χ1v) is 11.8. The summed E-state index contributed by atoms with van der Waals surface area (Å²) < 4.78 is 10.8. The van der Waals surface area contributed by atoms with Gasteiger partial charge in [0, 0.05) is 49.2 Å². The Morgan fingerprint density at radius 2 is 1.68 bits per heavy atom. The number of carbonyl (C=O) groups is 2. The average molecular weight is 439 g/mol. The number of hydrogen-bond acceptors (Lipinski definition) is 5. The summed E-state index contributed by atoms with van der Waals surface area (Å²) in [5, 5.41) is 0. The number of ether oxygens (including phenoxy) is 2. The van der Waals surface area contributed by atoms with E-state index < -0.39 is 0 Å². The van der Waals surface area contributed by atoms with Crippen LogP contribution in [0.2, 0.25) is 0 Å². The molecule has 1 saturated heterocycles. The number of hydrogen-bond donors (Lipinski definition) is 0. The van der Waals surface area contributed by atoms with Crippen molar-refractivity contribution in [2.75, 3.05) is 38.7 Å². The Bertz CT molecular complexity index is 959. The molecular weight excluding hydrogens is 412 g/mol. The second-order valence-corrected chi connectivity index (χ2v) is 9.35. The Morgan fingerprint density at radius 1 is 0.935 bits per heavy atom. The summed E-state index contributed by atoms with van der Waals surface area (Å²) in [6.45, 7) is 2.77. The second-order valence-electron chi connectivity index (χ2n) is 8.18. The topological polar surface area (TPSA) is 59.1 Å². The normalized spacial score (nSPS) is 21.8. The van der Waals surface area contributed by atoms with Gasteiger partial charge in [0.2, 0.25) is 18.6 Å². The van der Waals surface area contributed by atoms with Crippen LogP contribution in [0.3, 0.4) is 0 Å². The fourth-order valence-corrected chi connectivity index (χ4v) is 5.18. The van der Waals surface area contributed by atoms with Crippen LogP contribution in [0.25, 0.3) is 0 Å². The minimum Gasteiger partial charge on any atom is -0.454 e. The molecule has 0 spiro atoms. The minimum absolute atomic E-state index is 0.0462. The molecule has 2 aromatic rings. The van der Waals surface area contributed by atoms with Gasteiger partial charge in [-0.15, -0.1) is 11.8 Å². The fourth-order valence-electron chi connectivity index (χ4n) is 4.32. The lowest BCUT2D eigenvalue weighted by Crippen LogP contribution is -2.51. The van der Waals surface area contributed by atoms with Crippen molar-refractivity contribution in [1.29, 1.82) is 0 Å². The Balaban J connectivity index is 1.07. The molecule has 0 bridgehead atoms. The number of benzene rings is 2. The zero-order valence-corrected chi connectivity index (χ0v) is 18.2. The lowest BCUT2D eigenvalue weighted by molar-refractivity contribution is -0.140. The number of rotatable bonds is 6. The summed E-state index contributed by atoms with van der Waals surface area (Å²) in [6, 6.07) is 16.1. The SMILES string of the molecule is O=C(CCSc1ccccc1)N1CCN(C(=O)C2CC2c2ccc3c(c2)OCO3)CC1. The van der Waals surface area contributed by atoms with E-state index in [1.54, 1.807) is 11.8 Å². The molecule has 5 rings (SSSR count). The molecule has 2 heterocycles. The highest BCUT2D eigenvalue weighted by Gasteiger charge is 2.46. The van der Waals surface area contributed by atoms with Gasteiger partial charge in [0.05, 0.1) is 0 Å². The third kappa shape index (κ3) is 4.51. The summed E-state index contributed by atoms with van der Waals surface area (Å²) in [5.41, 5.74) is 1.15. The molecule has 2 atom stereocenters. The third-order valence-electron chi connectivity index (χ3n) is 6.20. The molecule has 1 saturated carbocycles. The Morgan fingerprint density at radius 3 is 2.48 bits per heavy atom. The van der Waals surface area contributed by atoms with Crippen LogP contribution in [0.1, 0.15) is 24.3 Å². The molecule has 7 heteroatoms. The summed E-state index contributed by atoms with van der Waals surface area (Å²) >= 11 is 1.71. The van der Waals surface area contributed by atoms with Gasteiger partial charge >= 0.3 is 0 Å². The Labute approximate surface area is 186 Å². The quantitative estimate of drug-likeness (QED) is 0.648. The smallest absolute Gasteiger partial charge is 0.231 e. The number of piperazine rings is 1. The van der Waals surface area contributed by atoms with Gasteiger partial charge in [0.15, 0.2) is 11.5 Å². The van der Waals surface area contributed by atoms with Crippen LogP contribution in [0.4, 0.5) is 0 Å². The zero-order valence-electron chi connectivity index (χ0n) is 17.4. The third-order valence-corrected chi connectivity index (χ3v) is 7.22. The van der Waals surface area contributed by atoms with Gasteiger partial charge in [0.1, 0.15) is 0 Å². The highest BCUT2D eigenvalue weighted by Crippen LogP contribution is 2.50. The molecular formula is C24H26N2O4S. The number of carbonyl (C=O) groups excluding carboxylic acids is 2. The van der Waals surface area contributed by atoms with Crippen LogP contribution < -0.4 is 9.47 Å². The second kappa shape index (κ2) is 8.83. The monoisotopic (exact) mass is 438 g/mol. The molecule has 0 N–H and O–H groups in total. The molecule has 2 unspecified atom stereocenters. The largest absolute Gasteiger partial charge is 0.454 e.